The highest BCUT2D eigenvalue weighted by atomic mass is 35.6. The SMILES string of the molecule is Cc1cc(-c2ccc(Cc3nc4c(-c5ccccc5Cl)cccc4nc3C(N)=O)s2)ccc1OC(Cl)(Cl)Cl. The average Bonchev–Trinajstić information content (AvgIpc) is 3.32. The number of carbonyl (C=O) groups is 1. The van der Waals surface area contributed by atoms with E-state index in [0.717, 1.165) is 32.0 Å². The second-order valence-corrected chi connectivity index (χ2v) is 12.3. The topological polar surface area (TPSA) is 78.1 Å². The van der Waals surface area contributed by atoms with Crippen molar-refractivity contribution in [3.63, 3.8) is 0 Å². The minimum Gasteiger partial charge on any atom is -0.445 e. The number of nitrogens with two attached hydrogens (primary N) is 1. The predicted octanol–water partition coefficient (Wildman–Crippen LogP) is 8.38. The van der Waals surface area contributed by atoms with Crippen LogP contribution >= 0.6 is 57.7 Å². The summed E-state index contributed by atoms with van der Waals surface area (Å²) in [5, 5.41) is 0.603. The minimum atomic E-state index is -1.84. The molecule has 0 bridgehead atoms. The van der Waals surface area contributed by atoms with E-state index in [4.69, 9.17) is 61.9 Å². The Morgan fingerprint density at radius 1 is 0.974 bits per heavy atom. The fraction of sp³-hybridized carbons (Fsp3) is 0.107. The van der Waals surface area contributed by atoms with Gasteiger partial charge in [-0.1, -0.05) is 41.9 Å². The number of rotatable bonds is 6. The van der Waals surface area contributed by atoms with Crippen molar-refractivity contribution in [2.24, 2.45) is 5.73 Å². The number of aryl methyl sites for hydroxylation is 1. The average molecular weight is 603 g/mol. The van der Waals surface area contributed by atoms with Gasteiger partial charge in [0.15, 0.2) is 5.69 Å². The van der Waals surface area contributed by atoms with Crippen LogP contribution in [0.15, 0.2) is 72.8 Å². The number of halogens is 4. The molecule has 0 aliphatic rings. The maximum absolute atomic E-state index is 12.3. The molecule has 0 spiro atoms. The first-order chi connectivity index (χ1) is 18.1. The van der Waals surface area contributed by atoms with Crippen molar-refractivity contribution in [3.8, 4) is 27.3 Å². The fourth-order valence-corrected chi connectivity index (χ4v) is 5.66. The third kappa shape index (κ3) is 5.75. The van der Waals surface area contributed by atoms with E-state index in [-0.39, 0.29) is 5.69 Å². The van der Waals surface area contributed by atoms with Gasteiger partial charge in [-0.05, 0) is 95.3 Å². The van der Waals surface area contributed by atoms with Crippen molar-refractivity contribution in [2.75, 3.05) is 0 Å². The number of hydrogen-bond acceptors (Lipinski definition) is 5. The molecule has 5 nitrogen and oxygen atoms in total. The van der Waals surface area contributed by atoms with Crippen LogP contribution in [0, 0.1) is 6.92 Å². The highest BCUT2D eigenvalue weighted by Gasteiger charge is 2.23. The summed E-state index contributed by atoms with van der Waals surface area (Å²) in [5.74, 6) is -0.146. The molecule has 0 atom stereocenters. The molecule has 0 radical (unpaired) electrons. The number of hydrogen-bond donors (Lipinski definition) is 1. The molecule has 1 amide bonds. The molecule has 2 N–H and O–H groups in total. The standard InChI is InChI=1S/C28H19Cl4N3O2S/c1-15-13-16(9-11-23(15)37-28(30,31)32)24-12-10-17(38-24)14-22-26(27(33)36)34-21-8-4-6-19(25(21)35-22)18-5-2-3-7-20(18)29/h2-13H,14H2,1H3,(H2,33,36). The summed E-state index contributed by atoms with van der Waals surface area (Å²) in [6.45, 7) is 1.88. The van der Waals surface area contributed by atoms with Gasteiger partial charge in [0, 0.05) is 32.3 Å². The van der Waals surface area contributed by atoms with Crippen LogP contribution in [-0.2, 0) is 6.42 Å². The van der Waals surface area contributed by atoms with E-state index in [1.807, 2.05) is 67.6 Å². The lowest BCUT2D eigenvalue weighted by Gasteiger charge is -2.16. The van der Waals surface area contributed by atoms with E-state index in [1.165, 1.54) is 0 Å². The number of para-hydroxylation sites is 1. The Bertz CT molecular complexity index is 1680. The van der Waals surface area contributed by atoms with Crippen LogP contribution in [0.2, 0.25) is 5.02 Å². The van der Waals surface area contributed by atoms with E-state index in [2.05, 4.69) is 4.98 Å². The number of nitrogens with zero attached hydrogens (tertiary/aromatic N) is 2. The van der Waals surface area contributed by atoms with Gasteiger partial charge in [-0.15, -0.1) is 11.3 Å². The molecule has 2 heterocycles. The van der Waals surface area contributed by atoms with Gasteiger partial charge in [-0.25, -0.2) is 9.97 Å². The molecule has 3 aromatic carbocycles. The summed E-state index contributed by atoms with van der Waals surface area (Å²) >= 11 is 25.3. The van der Waals surface area contributed by atoms with Crippen LogP contribution < -0.4 is 10.5 Å². The summed E-state index contributed by atoms with van der Waals surface area (Å²) in [6.07, 6.45) is 0.385. The Balaban J connectivity index is 1.51. The lowest BCUT2D eigenvalue weighted by atomic mass is 10.0. The molecule has 0 aliphatic heterocycles. The van der Waals surface area contributed by atoms with E-state index in [1.54, 1.807) is 23.5 Å². The van der Waals surface area contributed by atoms with Crippen molar-refractivity contribution >= 4 is 74.7 Å². The summed E-state index contributed by atoms with van der Waals surface area (Å²) in [6, 6.07) is 22.8. The Labute approximate surface area is 243 Å². The van der Waals surface area contributed by atoms with Gasteiger partial charge in [-0.3, -0.25) is 4.79 Å². The molecule has 5 rings (SSSR count). The van der Waals surface area contributed by atoms with E-state index < -0.39 is 9.89 Å². The molecule has 0 fully saturated rings. The normalized spacial score (nSPS) is 11.6. The van der Waals surface area contributed by atoms with Crippen LogP contribution in [0.25, 0.3) is 32.6 Å². The maximum atomic E-state index is 12.3. The third-order valence-corrected chi connectivity index (χ3v) is 7.55. The van der Waals surface area contributed by atoms with Crippen molar-refractivity contribution < 1.29 is 9.53 Å². The van der Waals surface area contributed by atoms with E-state index >= 15 is 0 Å². The molecular formula is C28H19Cl4N3O2S. The predicted molar refractivity (Wildman–Crippen MR) is 157 cm³/mol. The summed E-state index contributed by atoms with van der Waals surface area (Å²) in [7, 11) is 0. The first-order valence-electron chi connectivity index (χ1n) is 11.4. The van der Waals surface area contributed by atoms with E-state index in [9.17, 15) is 4.79 Å². The molecule has 38 heavy (non-hydrogen) atoms. The quantitative estimate of drug-likeness (QED) is 0.198. The van der Waals surface area contributed by atoms with Crippen LogP contribution in [-0.4, -0.2) is 19.9 Å². The largest absolute Gasteiger partial charge is 0.445 e. The third-order valence-electron chi connectivity index (χ3n) is 5.85. The Morgan fingerprint density at radius 3 is 2.45 bits per heavy atom. The van der Waals surface area contributed by atoms with E-state index in [0.29, 0.717) is 33.9 Å². The molecule has 0 aliphatic carbocycles. The van der Waals surface area contributed by atoms with Gasteiger partial charge >= 0.3 is 3.98 Å². The summed E-state index contributed by atoms with van der Waals surface area (Å²) in [4.78, 5) is 23.8. The lowest BCUT2D eigenvalue weighted by Crippen LogP contribution is -2.17. The number of amides is 1. The van der Waals surface area contributed by atoms with Gasteiger partial charge in [-0.2, -0.15) is 0 Å². The molecule has 5 aromatic rings. The van der Waals surface area contributed by atoms with Gasteiger partial charge < -0.3 is 10.5 Å². The second-order valence-electron chi connectivity index (χ2n) is 8.51. The zero-order valence-electron chi connectivity index (χ0n) is 19.8. The number of alkyl halides is 3. The number of thiophene rings is 1. The minimum absolute atomic E-state index is 0.146. The molecule has 0 unspecified atom stereocenters. The molecule has 2 aromatic heterocycles. The van der Waals surface area contributed by atoms with Crippen molar-refractivity contribution in [3.05, 3.63) is 99.6 Å². The number of ether oxygens (including phenoxy) is 1. The van der Waals surface area contributed by atoms with Gasteiger partial charge in [0.25, 0.3) is 5.91 Å². The zero-order chi connectivity index (χ0) is 27.0. The van der Waals surface area contributed by atoms with Gasteiger partial charge in [0.2, 0.25) is 0 Å². The molecule has 192 valence electrons. The highest BCUT2D eigenvalue weighted by molar-refractivity contribution is 7.15. The number of carbonyl (C=O) groups excluding carboxylic acids is 1. The number of aromatic nitrogens is 2. The van der Waals surface area contributed by atoms with Crippen molar-refractivity contribution in [1.82, 2.24) is 9.97 Å². The first kappa shape index (κ1) is 26.7. The van der Waals surface area contributed by atoms with Crippen LogP contribution in [0.5, 0.6) is 5.75 Å². The second kappa shape index (κ2) is 10.7. The maximum Gasteiger partial charge on any atom is 0.338 e. The van der Waals surface area contributed by atoms with Crippen molar-refractivity contribution in [1.29, 1.82) is 0 Å². The summed E-state index contributed by atoms with van der Waals surface area (Å²) < 4.78 is 3.52. The number of fused-ring (bicyclic) bond motifs is 1. The van der Waals surface area contributed by atoms with Gasteiger partial charge in [0.1, 0.15) is 5.75 Å². The first-order valence-corrected chi connectivity index (χ1v) is 13.7. The van der Waals surface area contributed by atoms with Crippen LogP contribution in [0.1, 0.15) is 26.6 Å². The fourth-order valence-electron chi connectivity index (χ4n) is 4.16. The highest BCUT2D eigenvalue weighted by Crippen LogP contribution is 2.37. The number of primary amides is 1. The smallest absolute Gasteiger partial charge is 0.338 e. The monoisotopic (exact) mass is 601 g/mol. The summed E-state index contributed by atoms with van der Waals surface area (Å²) in [5.41, 5.74) is 11.0. The zero-order valence-corrected chi connectivity index (χ0v) is 23.7. The molecule has 0 saturated heterocycles. The lowest BCUT2D eigenvalue weighted by molar-refractivity contribution is 0.0994. The molecule has 10 heteroatoms. The Hall–Kier alpha value is -2.87. The Morgan fingerprint density at radius 2 is 1.74 bits per heavy atom. The molecule has 0 saturated carbocycles. The molecular weight excluding hydrogens is 584 g/mol. The Kier molecular flexibility index (Phi) is 7.54. The van der Waals surface area contributed by atoms with Crippen molar-refractivity contribution in [2.45, 2.75) is 17.3 Å². The van der Waals surface area contributed by atoms with Crippen LogP contribution in [0.4, 0.5) is 0 Å². The van der Waals surface area contributed by atoms with Crippen LogP contribution in [0.3, 0.4) is 0 Å². The van der Waals surface area contributed by atoms with Gasteiger partial charge in [0.05, 0.1) is 16.7 Å². The number of benzene rings is 3.